The van der Waals surface area contributed by atoms with Gasteiger partial charge in [-0.25, -0.2) is 4.98 Å². The highest BCUT2D eigenvalue weighted by Crippen LogP contribution is 2.17. The van der Waals surface area contributed by atoms with Crippen LogP contribution in [0, 0.1) is 0 Å². The van der Waals surface area contributed by atoms with Crippen molar-refractivity contribution in [3.05, 3.63) is 16.7 Å². The second kappa shape index (κ2) is 4.63. The maximum absolute atomic E-state index is 8.77. The summed E-state index contributed by atoms with van der Waals surface area (Å²) in [4.78, 5) is 4.36. The zero-order valence-electron chi connectivity index (χ0n) is 8.05. The van der Waals surface area contributed by atoms with Gasteiger partial charge in [0.1, 0.15) is 11.0 Å². The number of rotatable bonds is 4. The number of aliphatic hydroxyl groups excluding tert-OH is 1. The lowest BCUT2D eigenvalue weighted by molar-refractivity contribution is 0.298. The number of hydrogen-bond acceptors (Lipinski definition) is 2. The molecule has 0 aliphatic carbocycles. The van der Waals surface area contributed by atoms with Crippen LogP contribution in [0.5, 0.6) is 0 Å². The van der Waals surface area contributed by atoms with Gasteiger partial charge in [-0.1, -0.05) is 18.5 Å². The fourth-order valence-electron chi connectivity index (χ4n) is 1.30. The molecule has 0 aromatic carbocycles. The number of halogens is 1. The highest BCUT2D eigenvalue weighted by atomic mass is 35.5. The first kappa shape index (κ1) is 10.5. The Balaban J connectivity index is 2.90. The van der Waals surface area contributed by atoms with E-state index < -0.39 is 0 Å². The topological polar surface area (TPSA) is 38.1 Å². The molecular weight excluding hydrogens is 188 g/mol. The highest BCUT2D eigenvalue weighted by Gasteiger charge is 2.10. The lowest BCUT2D eigenvalue weighted by Crippen LogP contribution is -1.96. The van der Waals surface area contributed by atoms with Crippen LogP contribution in [0.25, 0.3) is 0 Å². The van der Waals surface area contributed by atoms with Crippen molar-refractivity contribution >= 4 is 11.6 Å². The first-order valence-corrected chi connectivity index (χ1v) is 4.89. The maximum atomic E-state index is 8.77. The van der Waals surface area contributed by atoms with Gasteiger partial charge in [-0.05, 0) is 6.42 Å². The number of nitrogens with zero attached hydrogens (tertiary/aromatic N) is 2. The fourth-order valence-corrected chi connectivity index (χ4v) is 1.53. The molecule has 0 bridgehead atoms. The van der Waals surface area contributed by atoms with Crippen LogP contribution in [0.4, 0.5) is 0 Å². The van der Waals surface area contributed by atoms with E-state index >= 15 is 0 Å². The van der Waals surface area contributed by atoms with Crippen molar-refractivity contribution in [1.82, 2.24) is 9.55 Å². The Morgan fingerprint density at radius 3 is 2.69 bits per heavy atom. The molecule has 0 spiro atoms. The molecule has 13 heavy (non-hydrogen) atoms. The average Bonchev–Trinajstić information content (AvgIpc) is 2.36. The summed E-state index contributed by atoms with van der Waals surface area (Å²) in [6, 6.07) is 0. The number of hydrogen-bond donors (Lipinski definition) is 1. The predicted molar refractivity (Wildman–Crippen MR) is 53.0 cm³/mol. The zero-order valence-corrected chi connectivity index (χ0v) is 8.80. The smallest absolute Gasteiger partial charge is 0.131 e. The summed E-state index contributed by atoms with van der Waals surface area (Å²) in [5.74, 6) is 0.996. The predicted octanol–water partition coefficient (Wildman–Crippen LogP) is 1.56. The SMILES string of the molecule is CCCc1nc(CCO)c(Cl)n1C. The Kier molecular flexibility index (Phi) is 3.75. The van der Waals surface area contributed by atoms with Gasteiger partial charge in [-0.2, -0.15) is 0 Å². The molecule has 0 radical (unpaired) electrons. The van der Waals surface area contributed by atoms with E-state index in [9.17, 15) is 0 Å². The molecule has 1 aromatic rings. The fraction of sp³-hybridized carbons (Fsp3) is 0.667. The van der Waals surface area contributed by atoms with Crippen LogP contribution in [-0.4, -0.2) is 21.3 Å². The molecule has 74 valence electrons. The number of aliphatic hydroxyl groups is 1. The minimum Gasteiger partial charge on any atom is -0.396 e. The van der Waals surface area contributed by atoms with Gasteiger partial charge in [0.15, 0.2) is 0 Å². The minimum absolute atomic E-state index is 0.0995. The van der Waals surface area contributed by atoms with Crippen LogP contribution in [-0.2, 0) is 19.9 Å². The Bertz CT molecular complexity index is 257. The van der Waals surface area contributed by atoms with Crippen molar-refractivity contribution in [2.45, 2.75) is 26.2 Å². The third-order valence-electron chi connectivity index (χ3n) is 2.01. The van der Waals surface area contributed by atoms with Crippen molar-refractivity contribution in [2.75, 3.05) is 6.61 Å². The molecule has 1 rings (SSSR count). The molecule has 0 amide bonds. The lowest BCUT2D eigenvalue weighted by atomic mass is 10.3. The van der Waals surface area contributed by atoms with Gasteiger partial charge in [0.25, 0.3) is 0 Å². The van der Waals surface area contributed by atoms with E-state index in [0.29, 0.717) is 11.6 Å². The first-order valence-electron chi connectivity index (χ1n) is 4.51. The Morgan fingerprint density at radius 2 is 2.15 bits per heavy atom. The largest absolute Gasteiger partial charge is 0.396 e. The van der Waals surface area contributed by atoms with Crippen molar-refractivity contribution in [1.29, 1.82) is 0 Å². The summed E-state index contributed by atoms with van der Waals surface area (Å²) in [6.45, 7) is 2.20. The number of aryl methyl sites for hydroxylation is 1. The van der Waals surface area contributed by atoms with Crippen LogP contribution >= 0.6 is 11.6 Å². The van der Waals surface area contributed by atoms with Crippen LogP contribution in [0.1, 0.15) is 24.9 Å². The molecule has 4 heteroatoms. The molecule has 1 aromatic heterocycles. The highest BCUT2D eigenvalue weighted by molar-refractivity contribution is 6.30. The zero-order chi connectivity index (χ0) is 9.84. The monoisotopic (exact) mass is 202 g/mol. The second-order valence-electron chi connectivity index (χ2n) is 3.05. The Hall–Kier alpha value is -0.540. The maximum Gasteiger partial charge on any atom is 0.131 e. The summed E-state index contributed by atoms with van der Waals surface area (Å²) in [5, 5.41) is 9.42. The van der Waals surface area contributed by atoms with Gasteiger partial charge in [0.2, 0.25) is 0 Å². The standard InChI is InChI=1S/C9H15ClN2O/c1-3-4-8-11-7(5-6-13)9(10)12(8)2/h13H,3-6H2,1-2H3. The molecule has 1 N–H and O–H groups in total. The molecule has 1 heterocycles. The van der Waals surface area contributed by atoms with Gasteiger partial charge in [0.05, 0.1) is 5.69 Å². The van der Waals surface area contributed by atoms with Gasteiger partial charge < -0.3 is 9.67 Å². The van der Waals surface area contributed by atoms with E-state index in [4.69, 9.17) is 16.7 Å². The van der Waals surface area contributed by atoms with Crippen molar-refractivity contribution < 1.29 is 5.11 Å². The van der Waals surface area contributed by atoms with Crippen molar-refractivity contribution in [3.8, 4) is 0 Å². The quantitative estimate of drug-likeness (QED) is 0.805. The average molecular weight is 203 g/mol. The molecule has 0 saturated carbocycles. The molecule has 0 fully saturated rings. The normalized spacial score (nSPS) is 10.8. The summed E-state index contributed by atoms with van der Waals surface area (Å²) >= 11 is 6.02. The molecule has 0 saturated heterocycles. The van der Waals surface area contributed by atoms with Crippen LogP contribution in [0.3, 0.4) is 0 Å². The van der Waals surface area contributed by atoms with Gasteiger partial charge in [-0.3, -0.25) is 0 Å². The van der Waals surface area contributed by atoms with E-state index in [0.717, 1.165) is 24.4 Å². The molecule has 0 unspecified atom stereocenters. The molecular formula is C9H15ClN2O. The van der Waals surface area contributed by atoms with Crippen LogP contribution in [0.2, 0.25) is 5.15 Å². The van der Waals surface area contributed by atoms with E-state index in [-0.39, 0.29) is 6.61 Å². The van der Waals surface area contributed by atoms with E-state index in [2.05, 4.69) is 11.9 Å². The van der Waals surface area contributed by atoms with Crippen LogP contribution < -0.4 is 0 Å². The summed E-state index contributed by atoms with van der Waals surface area (Å²) in [6.07, 6.45) is 2.53. The van der Waals surface area contributed by atoms with E-state index in [1.165, 1.54) is 0 Å². The number of aromatic nitrogens is 2. The second-order valence-corrected chi connectivity index (χ2v) is 3.41. The third-order valence-corrected chi connectivity index (χ3v) is 2.48. The number of imidazole rings is 1. The molecule has 0 atom stereocenters. The first-order chi connectivity index (χ1) is 6.20. The van der Waals surface area contributed by atoms with E-state index in [1.807, 2.05) is 11.6 Å². The minimum atomic E-state index is 0.0995. The molecule has 0 aliphatic rings. The van der Waals surface area contributed by atoms with E-state index in [1.54, 1.807) is 0 Å². The Labute approximate surface area is 83.4 Å². The summed E-state index contributed by atoms with van der Waals surface area (Å²) in [5.41, 5.74) is 0.801. The molecule has 3 nitrogen and oxygen atoms in total. The van der Waals surface area contributed by atoms with Crippen molar-refractivity contribution in [3.63, 3.8) is 0 Å². The molecule has 0 aliphatic heterocycles. The Morgan fingerprint density at radius 1 is 1.46 bits per heavy atom. The third kappa shape index (κ3) is 2.23. The van der Waals surface area contributed by atoms with Gasteiger partial charge in [-0.15, -0.1) is 0 Å². The van der Waals surface area contributed by atoms with Crippen LogP contribution in [0.15, 0.2) is 0 Å². The lowest BCUT2D eigenvalue weighted by Gasteiger charge is -1.98. The van der Waals surface area contributed by atoms with Gasteiger partial charge >= 0.3 is 0 Å². The van der Waals surface area contributed by atoms with Gasteiger partial charge in [0, 0.05) is 26.5 Å². The summed E-state index contributed by atoms with van der Waals surface area (Å²) in [7, 11) is 1.90. The summed E-state index contributed by atoms with van der Waals surface area (Å²) < 4.78 is 1.88. The van der Waals surface area contributed by atoms with Crippen molar-refractivity contribution in [2.24, 2.45) is 7.05 Å².